The Kier molecular flexibility index (Phi) is 6.40. The van der Waals surface area contributed by atoms with Gasteiger partial charge in [-0.15, -0.1) is 0 Å². The molecule has 1 unspecified atom stereocenters. The number of allylic oxidation sites excluding steroid dienone is 1. The molecule has 0 fully saturated rings. The third kappa shape index (κ3) is 4.65. The Hall–Kier alpha value is -4.23. The number of para-hydroxylation sites is 1. The lowest BCUT2D eigenvalue weighted by atomic mass is 10.0. The van der Waals surface area contributed by atoms with Crippen LogP contribution in [0.25, 0.3) is 22.6 Å². The number of aromatic hydroxyl groups is 1. The van der Waals surface area contributed by atoms with Crippen LogP contribution in [0.15, 0.2) is 66.9 Å². The molecule has 1 aliphatic rings. The highest BCUT2D eigenvalue weighted by Crippen LogP contribution is 2.38. The molecule has 8 heteroatoms. The summed E-state index contributed by atoms with van der Waals surface area (Å²) >= 11 is 6.03. The van der Waals surface area contributed by atoms with Crippen LogP contribution in [-0.2, 0) is 16.0 Å². The fraction of sp³-hybridized carbons (Fsp3) is 0.143. The number of fused-ring (bicyclic) bond motifs is 2. The van der Waals surface area contributed by atoms with Gasteiger partial charge in [0.05, 0.1) is 22.5 Å². The minimum absolute atomic E-state index is 0.148. The highest BCUT2D eigenvalue weighted by atomic mass is 35.5. The van der Waals surface area contributed by atoms with Crippen molar-refractivity contribution in [3.05, 3.63) is 94.4 Å². The number of halogens is 1. The molecule has 0 saturated carbocycles. The molecule has 0 bridgehead atoms. The monoisotopic (exact) mass is 499 g/mol. The van der Waals surface area contributed by atoms with E-state index in [1.165, 1.54) is 13.1 Å². The van der Waals surface area contributed by atoms with E-state index in [0.29, 0.717) is 35.0 Å². The van der Waals surface area contributed by atoms with Crippen LogP contribution in [0.2, 0.25) is 5.15 Å². The zero-order valence-electron chi connectivity index (χ0n) is 19.4. The van der Waals surface area contributed by atoms with Crippen molar-refractivity contribution < 1.29 is 19.4 Å². The van der Waals surface area contributed by atoms with Crippen molar-refractivity contribution in [1.29, 1.82) is 0 Å². The standard InChI is InChI=1S/C28H22ClN3O4/c1-16(27(34)32-23-7-4-14-30-26(23)29)36-28(35)24-20-5-2-3-6-22(20)31-25-18(10-13-21(24)25)15-17-8-11-19(33)12-9-17/h2-9,11-12,14-16,33H,10,13H2,1H3,(H,32,34)/b18-15+. The molecule has 1 atom stereocenters. The van der Waals surface area contributed by atoms with Gasteiger partial charge in [0.25, 0.3) is 5.91 Å². The molecular formula is C28H22ClN3O4. The molecule has 0 saturated heterocycles. The van der Waals surface area contributed by atoms with Gasteiger partial charge in [-0.3, -0.25) is 4.79 Å². The molecule has 0 aliphatic heterocycles. The second-order valence-corrected chi connectivity index (χ2v) is 8.83. The molecule has 1 aliphatic carbocycles. The number of aromatic nitrogens is 2. The summed E-state index contributed by atoms with van der Waals surface area (Å²) in [6.07, 6.45) is 3.78. The Bertz CT molecular complexity index is 1520. The van der Waals surface area contributed by atoms with Crippen molar-refractivity contribution in [2.45, 2.75) is 25.9 Å². The fourth-order valence-electron chi connectivity index (χ4n) is 4.27. The highest BCUT2D eigenvalue weighted by Gasteiger charge is 2.29. The first-order chi connectivity index (χ1) is 17.4. The van der Waals surface area contributed by atoms with Crippen LogP contribution in [0.3, 0.4) is 0 Å². The van der Waals surface area contributed by atoms with Gasteiger partial charge < -0.3 is 15.2 Å². The van der Waals surface area contributed by atoms with E-state index in [1.807, 2.05) is 42.5 Å². The van der Waals surface area contributed by atoms with Gasteiger partial charge in [-0.25, -0.2) is 14.8 Å². The lowest BCUT2D eigenvalue weighted by Gasteiger charge is -2.16. The van der Waals surface area contributed by atoms with Crippen LogP contribution in [0, 0.1) is 0 Å². The van der Waals surface area contributed by atoms with E-state index in [9.17, 15) is 14.7 Å². The first kappa shape index (κ1) is 23.5. The second kappa shape index (κ2) is 9.79. The summed E-state index contributed by atoms with van der Waals surface area (Å²) in [4.78, 5) is 34.9. The van der Waals surface area contributed by atoms with E-state index in [1.54, 1.807) is 24.3 Å². The summed E-state index contributed by atoms with van der Waals surface area (Å²) < 4.78 is 5.62. The van der Waals surface area contributed by atoms with Gasteiger partial charge in [-0.1, -0.05) is 41.9 Å². The third-order valence-electron chi connectivity index (χ3n) is 6.05. The SMILES string of the molecule is CC(OC(=O)c1c2c(nc3ccccc13)/C(=C/c1ccc(O)cc1)CC2)C(=O)Nc1cccnc1Cl. The molecule has 1 amide bonds. The molecule has 0 radical (unpaired) electrons. The molecule has 36 heavy (non-hydrogen) atoms. The van der Waals surface area contributed by atoms with Crippen molar-refractivity contribution in [3.8, 4) is 5.75 Å². The Balaban J connectivity index is 1.47. The molecule has 0 spiro atoms. The maximum Gasteiger partial charge on any atom is 0.339 e. The molecule has 7 nitrogen and oxygen atoms in total. The van der Waals surface area contributed by atoms with Crippen LogP contribution in [0.5, 0.6) is 5.75 Å². The summed E-state index contributed by atoms with van der Waals surface area (Å²) in [5, 5.41) is 13.0. The fourth-order valence-corrected chi connectivity index (χ4v) is 4.44. The predicted molar refractivity (Wildman–Crippen MR) is 139 cm³/mol. The number of hydrogen-bond acceptors (Lipinski definition) is 6. The average Bonchev–Trinajstić information content (AvgIpc) is 3.27. The van der Waals surface area contributed by atoms with Crippen molar-refractivity contribution >= 4 is 51.7 Å². The van der Waals surface area contributed by atoms with Gasteiger partial charge in [0.15, 0.2) is 11.3 Å². The summed E-state index contributed by atoms with van der Waals surface area (Å²) in [6.45, 7) is 1.51. The molecule has 2 N–H and O–H groups in total. The van der Waals surface area contributed by atoms with Crippen LogP contribution in [0.4, 0.5) is 5.69 Å². The number of nitrogens with zero attached hydrogens (tertiary/aromatic N) is 2. The van der Waals surface area contributed by atoms with Gasteiger partial charge >= 0.3 is 5.97 Å². The molecule has 2 heterocycles. The first-order valence-corrected chi connectivity index (χ1v) is 11.8. The van der Waals surface area contributed by atoms with Crippen LogP contribution in [0.1, 0.15) is 40.5 Å². The predicted octanol–water partition coefficient (Wildman–Crippen LogP) is 5.66. The number of hydrogen-bond donors (Lipinski definition) is 2. The normalized spacial score (nSPS) is 14.4. The summed E-state index contributed by atoms with van der Waals surface area (Å²) in [7, 11) is 0. The van der Waals surface area contributed by atoms with E-state index >= 15 is 0 Å². The smallest absolute Gasteiger partial charge is 0.339 e. The molecule has 2 aromatic heterocycles. The van der Waals surface area contributed by atoms with E-state index in [2.05, 4.69) is 10.3 Å². The zero-order chi connectivity index (χ0) is 25.2. The van der Waals surface area contributed by atoms with Crippen molar-refractivity contribution in [2.24, 2.45) is 0 Å². The number of carbonyl (C=O) groups excluding carboxylic acids is 2. The minimum atomic E-state index is -1.07. The Morgan fingerprint density at radius 3 is 2.64 bits per heavy atom. The van der Waals surface area contributed by atoms with Gasteiger partial charge in [0, 0.05) is 11.6 Å². The number of rotatable bonds is 5. The van der Waals surface area contributed by atoms with E-state index in [4.69, 9.17) is 21.3 Å². The van der Waals surface area contributed by atoms with Gasteiger partial charge in [-0.2, -0.15) is 0 Å². The van der Waals surface area contributed by atoms with Gasteiger partial charge in [0.2, 0.25) is 0 Å². The van der Waals surface area contributed by atoms with Gasteiger partial charge in [-0.05, 0) is 72.9 Å². The lowest BCUT2D eigenvalue weighted by molar-refractivity contribution is -0.123. The number of nitrogens with one attached hydrogen (secondary N) is 1. The number of phenols is 1. The van der Waals surface area contributed by atoms with Crippen LogP contribution < -0.4 is 5.32 Å². The minimum Gasteiger partial charge on any atom is -0.508 e. The maximum absolute atomic E-state index is 13.4. The number of pyridine rings is 2. The molecular weight excluding hydrogens is 478 g/mol. The van der Waals surface area contributed by atoms with Crippen LogP contribution >= 0.6 is 11.6 Å². The molecule has 180 valence electrons. The quantitative estimate of drug-likeness (QED) is 0.271. The molecule has 4 aromatic rings. The first-order valence-electron chi connectivity index (χ1n) is 11.4. The Morgan fingerprint density at radius 2 is 1.86 bits per heavy atom. The van der Waals surface area contributed by atoms with E-state index in [-0.39, 0.29) is 10.9 Å². The Morgan fingerprint density at radius 1 is 1.08 bits per heavy atom. The van der Waals surface area contributed by atoms with Crippen molar-refractivity contribution in [2.75, 3.05) is 5.32 Å². The molecule has 2 aromatic carbocycles. The van der Waals surface area contributed by atoms with E-state index < -0.39 is 18.0 Å². The number of anilines is 1. The average molecular weight is 500 g/mol. The molecule has 5 rings (SSSR count). The third-order valence-corrected chi connectivity index (χ3v) is 6.35. The number of ether oxygens (including phenoxy) is 1. The van der Waals surface area contributed by atoms with E-state index in [0.717, 1.165) is 22.4 Å². The number of benzene rings is 2. The topological polar surface area (TPSA) is 101 Å². The number of phenolic OH excluding ortho intramolecular Hbond substituents is 1. The number of amides is 1. The number of carbonyl (C=O) groups is 2. The maximum atomic E-state index is 13.4. The van der Waals surface area contributed by atoms with Crippen molar-refractivity contribution in [1.82, 2.24) is 9.97 Å². The number of esters is 1. The van der Waals surface area contributed by atoms with Crippen molar-refractivity contribution in [3.63, 3.8) is 0 Å². The largest absolute Gasteiger partial charge is 0.508 e. The Labute approximate surface area is 212 Å². The van der Waals surface area contributed by atoms with Crippen LogP contribution in [-0.4, -0.2) is 33.1 Å². The summed E-state index contributed by atoms with van der Waals surface area (Å²) in [5.74, 6) is -0.904. The highest BCUT2D eigenvalue weighted by molar-refractivity contribution is 6.32. The second-order valence-electron chi connectivity index (χ2n) is 8.47. The zero-order valence-corrected chi connectivity index (χ0v) is 20.1. The lowest BCUT2D eigenvalue weighted by Crippen LogP contribution is -2.30. The van der Waals surface area contributed by atoms with Gasteiger partial charge in [0.1, 0.15) is 5.75 Å². The summed E-state index contributed by atoms with van der Waals surface area (Å²) in [5.41, 5.74) is 4.89. The summed E-state index contributed by atoms with van der Waals surface area (Å²) in [6, 6.07) is 17.6.